The number of aliphatic hydroxyl groups is 1. The van der Waals surface area contributed by atoms with Crippen molar-refractivity contribution in [3.63, 3.8) is 0 Å². The van der Waals surface area contributed by atoms with Gasteiger partial charge in [-0.05, 0) is 124 Å². The van der Waals surface area contributed by atoms with Crippen molar-refractivity contribution in [3.05, 3.63) is 24.3 Å². The lowest BCUT2D eigenvalue weighted by Gasteiger charge is -2.51. The smallest absolute Gasteiger partial charge is 0.192 e. The molecule has 0 saturated heterocycles. The summed E-state index contributed by atoms with van der Waals surface area (Å²) in [6, 6.07) is 0. The first-order valence-corrected chi connectivity index (χ1v) is 28.5. The van der Waals surface area contributed by atoms with Crippen molar-refractivity contribution in [2.75, 3.05) is 6.61 Å². The normalized spacial score (nSPS) is 25.3. The highest BCUT2D eigenvalue weighted by Crippen LogP contribution is 2.52. The quantitative estimate of drug-likeness (QED) is 0.0869. The highest BCUT2D eigenvalue weighted by molar-refractivity contribution is 6.74. The van der Waals surface area contributed by atoms with E-state index in [-0.39, 0.29) is 45.3 Å². The summed E-state index contributed by atoms with van der Waals surface area (Å²) in [5, 5.41) is 12.1. The highest BCUT2D eigenvalue weighted by Gasteiger charge is 2.49. The zero-order chi connectivity index (χ0) is 36.8. The fraction of sp³-hybridized carbons (Fsp3) is 0.902. The predicted octanol–water partition coefficient (Wildman–Crippen LogP) is 12.8. The molecule has 0 bridgehead atoms. The summed E-state index contributed by atoms with van der Waals surface area (Å²) in [6.07, 6.45) is 21.9. The van der Waals surface area contributed by atoms with Crippen LogP contribution in [-0.4, -0.2) is 55.0 Å². The van der Waals surface area contributed by atoms with Crippen molar-refractivity contribution in [2.24, 2.45) is 17.3 Å². The third kappa shape index (κ3) is 11.7. The first-order chi connectivity index (χ1) is 21.8. The van der Waals surface area contributed by atoms with Gasteiger partial charge < -0.3 is 18.4 Å². The summed E-state index contributed by atoms with van der Waals surface area (Å²) in [6.45, 7) is 38.4. The second-order valence-corrected chi connectivity index (χ2v) is 34.6. The van der Waals surface area contributed by atoms with Crippen LogP contribution in [0.25, 0.3) is 0 Å². The van der Waals surface area contributed by atoms with E-state index in [1.807, 2.05) is 0 Å². The van der Waals surface area contributed by atoms with Gasteiger partial charge in [-0.25, -0.2) is 0 Å². The lowest BCUT2D eigenvalue weighted by Crippen LogP contribution is -2.51. The van der Waals surface area contributed by atoms with E-state index in [4.69, 9.17) is 13.3 Å². The minimum atomic E-state index is -2.00. The van der Waals surface area contributed by atoms with Crippen LogP contribution in [0.15, 0.2) is 24.3 Å². The zero-order valence-corrected chi connectivity index (χ0v) is 37.9. The molecule has 0 aliphatic heterocycles. The summed E-state index contributed by atoms with van der Waals surface area (Å²) >= 11 is 0. The average Bonchev–Trinajstić information content (AvgIpc) is 3.17. The molecule has 2 aliphatic rings. The van der Waals surface area contributed by atoms with Gasteiger partial charge in [0.2, 0.25) is 0 Å². The lowest BCUT2D eigenvalue weighted by molar-refractivity contribution is -0.0314. The van der Waals surface area contributed by atoms with Crippen molar-refractivity contribution in [2.45, 2.75) is 213 Å². The van der Waals surface area contributed by atoms with Crippen LogP contribution in [0.1, 0.15) is 140 Å². The molecule has 0 amide bonds. The average molecular weight is 723 g/mol. The van der Waals surface area contributed by atoms with Crippen LogP contribution < -0.4 is 0 Å². The van der Waals surface area contributed by atoms with Crippen LogP contribution in [0.4, 0.5) is 0 Å². The Morgan fingerprint density at radius 1 is 0.792 bits per heavy atom. The topological polar surface area (TPSA) is 47.9 Å². The fourth-order valence-electron chi connectivity index (χ4n) is 6.82. The van der Waals surface area contributed by atoms with Gasteiger partial charge in [0.25, 0.3) is 0 Å². The van der Waals surface area contributed by atoms with Gasteiger partial charge in [0.05, 0.1) is 18.3 Å². The van der Waals surface area contributed by atoms with Crippen molar-refractivity contribution >= 4 is 25.0 Å². The molecule has 48 heavy (non-hydrogen) atoms. The van der Waals surface area contributed by atoms with E-state index < -0.39 is 25.0 Å². The Labute approximate surface area is 303 Å². The molecule has 2 unspecified atom stereocenters. The lowest BCUT2D eigenvalue weighted by atomic mass is 9.62. The molecule has 0 aromatic heterocycles. The van der Waals surface area contributed by atoms with E-state index in [1.54, 1.807) is 0 Å². The third-order valence-corrected chi connectivity index (χ3v) is 27.0. The monoisotopic (exact) mass is 723 g/mol. The largest absolute Gasteiger partial charge is 0.417 e. The van der Waals surface area contributed by atoms with E-state index in [2.05, 4.69) is 133 Å². The molecule has 1 N–H and O–H groups in total. The third-order valence-electron chi connectivity index (χ3n) is 13.5. The molecule has 5 atom stereocenters. The van der Waals surface area contributed by atoms with E-state index >= 15 is 0 Å². The van der Waals surface area contributed by atoms with Gasteiger partial charge in [0.15, 0.2) is 25.0 Å². The van der Waals surface area contributed by atoms with Gasteiger partial charge in [-0.2, -0.15) is 0 Å². The van der Waals surface area contributed by atoms with Crippen LogP contribution in [0.3, 0.4) is 0 Å². The summed E-state index contributed by atoms with van der Waals surface area (Å²) in [5.74, 6) is 0.399. The number of hydrogen-bond acceptors (Lipinski definition) is 4. The van der Waals surface area contributed by atoms with Crippen LogP contribution in [0.5, 0.6) is 0 Å². The van der Waals surface area contributed by atoms with Gasteiger partial charge >= 0.3 is 0 Å². The maximum absolute atomic E-state index is 11.5. The van der Waals surface area contributed by atoms with Gasteiger partial charge in [0, 0.05) is 12.5 Å². The Morgan fingerprint density at radius 2 is 1.38 bits per heavy atom. The number of allylic oxidation sites excluding steroid dienone is 2. The van der Waals surface area contributed by atoms with E-state index in [1.165, 1.54) is 32.1 Å². The summed E-state index contributed by atoms with van der Waals surface area (Å²) in [4.78, 5) is 0. The molecule has 2 saturated carbocycles. The molecule has 0 aromatic rings. The van der Waals surface area contributed by atoms with E-state index in [0.29, 0.717) is 5.41 Å². The predicted molar refractivity (Wildman–Crippen MR) is 217 cm³/mol. The molecule has 282 valence electrons. The second kappa shape index (κ2) is 17.2. The second-order valence-electron chi connectivity index (χ2n) is 20.3. The molecular formula is C41H82O4Si3. The van der Waals surface area contributed by atoms with Gasteiger partial charge in [0.1, 0.15) is 0 Å². The van der Waals surface area contributed by atoms with Crippen molar-refractivity contribution in [1.82, 2.24) is 0 Å². The first kappa shape index (κ1) is 44.1. The fourth-order valence-corrected chi connectivity index (χ4v) is 10.7. The van der Waals surface area contributed by atoms with Crippen LogP contribution >= 0.6 is 0 Å². The summed E-state index contributed by atoms with van der Waals surface area (Å²) in [5.41, 5.74) is 0.318. The molecule has 0 aromatic carbocycles. The molecule has 2 aliphatic carbocycles. The number of aliphatic hydroxyl groups excluding tert-OH is 1. The molecule has 4 nitrogen and oxygen atoms in total. The molecule has 0 radical (unpaired) electrons. The van der Waals surface area contributed by atoms with Crippen molar-refractivity contribution in [1.29, 1.82) is 0 Å². The van der Waals surface area contributed by atoms with Crippen LogP contribution in [0.2, 0.25) is 54.4 Å². The van der Waals surface area contributed by atoms with Crippen LogP contribution in [0, 0.1) is 17.3 Å². The molecule has 2 fully saturated rings. The molecule has 2 rings (SSSR count). The Balaban J connectivity index is 2.20. The molecule has 7 heteroatoms. The maximum Gasteiger partial charge on any atom is 0.192 e. The Hall–Kier alpha value is -0.0294. The highest BCUT2D eigenvalue weighted by atomic mass is 28.4. The van der Waals surface area contributed by atoms with Crippen LogP contribution in [-0.2, 0) is 13.3 Å². The number of unbranched alkanes of at least 4 members (excludes halogenated alkanes) is 2. The number of hydrogen-bond donors (Lipinski definition) is 1. The standard InChI is InChI=1S/C41H82O4Si3/c1-17-28-41(29-24-30-41)37(45-48(15,16)40(8,9)10)27-23-26-34-33(35(42)32-36(34)44-47(13,14)39(5,6)7)25-21-19-18-20-22-31-43-46(11,12)38(2,3)4/h19,21,23,26,33-37,42H,17-18,20,22,24-25,27-32H2,1-16H3/t33-,34-,35?,36-,37?/m1/s1. The van der Waals surface area contributed by atoms with Gasteiger partial charge in [-0.3, -0.25) is 0 Å². The molecular weight excluding hydrogens is 641 g/mol. The zero-order valence-electron chi connectivity index (χ0n) is 34.9. The minimum Gasteiger partial charge on any atom is -0.417 e. The Bertz CT molecular complexity index is 1020. The van der Waals surface area contributed by atoms with Gasteiger partial charge in [-0.15, -0.1) is 0 Å². The first-order valence-electron chi connectivity index (χ1n) is 19.8. The SMILES string of the molecule is CCCC1(C(CC=C[C@H]2[C@H](O[Si](C)(C)C(C)(C)C)CC(O)[C@@H]2CC=CCCCCO[Si](C)(C)C(C)(C)C)O[Si](C)(C)C(C)(C)C)CCC1. The summed E-state index contributed by atoms with van der Waals surface area (Å²) in [7, 11) is -5.59. The van der Waals surface area contributed by atoms with E-state index in [0.717, 1.165) is 45.1 Å². The molecule has 0 spiro atoms. The Kier molecular flexibility index (Phi) is 15.8. The molecule has 0 heterocycles. The Morgan fingerprint density at radius 3 is 1.88 bits per heavy atom. The van der Waals surface area contributed by atoms with Gasteiger partial charge in [-0.1, -0.05) is 106 Å². The summed E-state index contributed by atoms with van der Waals surface area (Å²) < 4.78 is 20.8. The maximum atomic E-state index is 11.5. The van der Waals surface area contributed by atoms with E-state index in [9.17, 15) is 5.11 Å². The van der Waals surface area contributed by atoms with Crippen molar-refractivity contribution in [3.8, 4) is 0 Å². The van der Waals surface area contributed by atoms with Crippen molar-refractivity contribution < 1.29 is 18.4 Å². The minimum absolute atomic E-state index is 0.0658. The number of rotatable bonds is 18.